The summed E-state index contributed by atoms with van der Waals surface area (Å²) in [7, 11) is 0. The average molecular weight is 251 g/mol. The lowest BCUT2D eigenvalue weighted by molar-refractivity contribution is -0.130. The van der Waals surface area contributed by atoms with Crippen molar-refractivity contribution in [1.82, 2.24) is 14.9 Å². The first kappa shape index (κ1) is 13.1. The molecule has 1 atom stereocenters. The fraction of sp³-hybridized carbons (Fsp3) is 0.692. The van der Waals surface area contributed by atoms with Crippen molar-refractivity contribution in [3.8, 4) is 0 Å². The second-order valence-electron chi connectivity index (χ2n) is 5.15. The monoisotopic (exact) mass is 251 g/mol. The van der Waals surface area contributed by atoms with Crippen molar-refractivity contribution in [2.24, 2.45) is 5.92 Å². The minimum Gasteiger partial charge on any atom is -0.368 e. The Hall–Kier alpha value is -1.36. The van der Waals surface area contributed by atoms with E-state index in [1.807, 2.05) is 6.33 Å². The Bertz CT molecular complexity index is 395. The van der Waals surface area contributed by atoms with Crippen LogP contribution in [-0.4, -0.2) is 28.2 Å². The van der Waals surface area contributed by atoms with E-state index >= 15 is 0 Å². The van der Waals surface area contributed by atoms with Crippen molar-refractivity contribution < 1.29 is 9.53 Å². The van der Waals surface area contributed by atoms with Gasteiger partial charge in [-0.1, -0.05) is 13.8 Å². The number of hydrogen-bond donors (Lipinski definition) is 1. The molecule has 5 heteroatoms. The molecular weight excluding hydrogens is 230 g/mol. The molecule has 1 fully saturated rings. The van der Waals surface area contributed by atoms with Crippen LogP contribution >= 0.6 is 0 Å². The van der Waals surface area contributed by atoms with Gasteiger partial charge in [0.2, 0.25) is 5.91 Å². The maximum Gasteiger partial charge on any atom is 0.249 e. The highest BCUT2D eigenvalue weighted by atomic mass is 16.5. The summed E-state index contributed by atoms with van der Waals surface area (Å²) in [6.45, 7) is 6.46. The number of rotatable bonds is 5. The first-order chi connectivity index (χ1) is 8.66. The predicted molar refractivity (Wildman–Crippen MR) is 67.9 cm³/mol. The van der Waals surface area contributed by atoms with Crippen LogP contribution in [0.25, 0.3) is 0 Å². The van der Waals surface area contributed by atoms with E-state index in [2.05, 4.69) is 28.7 Å². The van der Waals surface area contributed by atoms with Crippen LogP contribution in [0.2, 0.25) is 0 Å². The van der Waals surface area contributed by atoms with Gasteiger partial charge in [-0.3, -0.25) is 4.79 Å². The fourth-order valence-electron chi connectivity index (χ4n) is 2.13. The van der Waals surface area contributed by atoms with Crippen LogP contribution in [0.15, 0.2) is 12.5 Å². The van der Waals surface area contributed by atoms with Crippen LogP contribution < -0.4 is 5.32 Å². The first-order valence-electron chi connectivity index (χ1n) is 6.55. The molecule has 2 heterocycles. The Morgan fingerprint density at radius 3 is 3.17 bits per heavy atom. The molecule has 0 spiro atoms. The van der Waals surface area contributed by atoms with Gasteiger partial charge in [0.05, 0.1) is 18.6 Å². The molecule has 5 nitrogen and oxygen atoms in total. The molecule has 1 saturated heterocycles. The zero-order valence-electron chi connectivity index (χ0n) is 11.1. The minimum atomic E-state index is -0.258. The maximum atomic E-state index is 11.8. The lowest BCUT2D eigenvalue weighted by Gasteiger charge is -2.13. The fourth-order valence-corrected chi connectivity index (χ4v) is 2.13. The molecule has 1 aromatic heterocycles. The minimum absolute atomic E-state index is 0.00945. The van der Waals surface area contributed by atoms with Crippen molar-refractivity contribution in [1.29, 1.82) is 0 Å². The summed E-state index contributed by atoms with van der Waals surface area (Å²) in [5.41, 5.74) is 1.04. The van der Waals surface area contributed by atoms with Crippen LogP contribution in [0.5, 0.6) is 0 Å². The third-order valence-corrected chi connectivity index (χ3v) is 3.03. The molecule has 100 valence electrons. The molecule has 1 N–H and O–H groups in total. The molecule has 1 amide bonds. The van der Waals surface area contributed by atoms with E-state index in [9.17, 15) is 4.79 Å². The third kappa shape index (κ3) is 3.32. The van der Waals surface area contributed by atoms with Gasteiger partial charge in [-0.05, 0) is 18.8 Å². The molecule has 2 rings (SSSR count). The van der Waals surface area contributed by atoms with Crippen LogP contribution in [0, 0.1) is 5.92 Å². The molecule has 0 aliphatic carbocycles. The van der Waals surface area contributed by atoms with Crippen LogP contribution in [0.1, 0.15) is 32.4 Å². The number of nitrogens with zero attached hydrogens (tertiary/aromatic N) is 2. The van der Waals surface area contributed by atoms with E-state index < -0.39 is 0 Å². The van der Waals surface area contributed by atoms with E-state index in [0.29, 0.717) is 19.1 Å². The zero-order valence-corrected chi connectivity index (χ0v) is 11.1. The normalized spacial score (nSPS) is 19.4. The van der Waals surface area contributed by atoms with Crippen molar-refractivity contribution in [2.45, 2.75) is 45.9 Å². The maximum absolute atomic E-state index is 11.8. The lowest BCUT2D eigenvalue weighted by Crippen LogP contribution is -2.34. The van der Waals surface area contributed by atoms with Gasteiger partial charge in [-0.15, -0.1) is 0 Å². The molecule has 0 radical (unpaired) electrons. The number of nitrogens with one attached hydrogen (secondary N) is 1. The summed E-state index contributed by atoms with van der Waals surface area (Å²) >= 11 is 0. The predicted octanol–water partition coefficient (Wildman–Crippen LogP) is 1.33. The van der Waals surface area contributed by atoms with Gasteiger partial charge < -0.3 is 14.6 Å². The molecule has 1 unspecified atom stereocenters. The van der Waals surface area contributed by atoms with Crippen molar-refractivity contribution in [3.63, 3.8) is 0 Å². The highest BCUT2D eigenvalue weighted by Crippen LogP contribution is 2.12. The first-order valence-corrected chi connectivity index (χ1v) is 6.55. The molecule has 1 aliphatic heterocycles. The van der Waals surface area contributed by atoms with Crippen molar-refractivity contribution >= 4 is 5.91 Å². The van der Waals surface area contributed by atoms with Gasteiger partial charge in [-0.25, -0.2) is 4.98 Å². The molecule has 0 bridgehead atoms. The second-order valence-corrected chi connectivity index (χ2v) is 5.15. The summed E-state index contributed by atoms with van der Waals surface area (Å²) < 4.78 is 7.43. The highest BCUT2D eigenvalue weighted by molar-refractivity contribution is 5.80. The topological polar surface area (TPSA) is 56.2 Å². The molecule has 1 aliphatic rings. The second kappa shape index (κ2) is 6.00. The molecule has 0 aromatic carbocycles. The number of imidazole rings is 1. The third-order valence-electron chi connectivity index (χ3n) is 3.03. The highest BCUT2D eigenvalue weighted by Gasteiger charge is 2.23. The van der Waals surface area contributed by atoms with E-state index in [-0.39, 0.29) is 12.0 Å². The van der Waals surface area contributed by atoms with Crippen LogP contribution in [-0.2, 0) is 22.6 Å². The summed E-state index contributed by atoms with van der Waals surface area (Å²) in [6, 6.07) is 0. The summed E-state index contributed by atoms with van der Waals surface area (Å²) in [4.78, 5) is 15.9. The van der Waals surface area contributed by atoms with Gasteiger partial charge in [-0.2, -0.15) is 0 Å². The standard InChI is InChI=1S/C13H21N3O2/c1-10(2)8-16-9-14-6-11(16)7-15-13(17)12-4-3-5-18-12/h6,9-10,12H,3-5,7-8H2,1-2H3,(H,15,17). The Kier molecular flexibility index (Phi) is 4.36. The quantitative estimate of drug-likeness (QED) is 0.859. The average Bonchev–Trinajstić information content (AvgIpc) is 2.95. The largest absolute Gasteiger partial charge is 0.368 e. The molecule has 18 heavy (non-hydrogen) atoms. The van der Waals surface area contributed by atoms with Crippen LogP contribution in [0.4, 0.5) is 0 Å². The number of carbonyl (C=O) groups is 1. The molecule has 0 saturated carbocycles. The van der Waals surface area contributed by atoms with Crippen molar-refractivity contribution in [3.05, 3.63) is 18.2 Å². The Balaban J connectivity index is 1.85. The Labute approximate surface area is 108 Å². The number of amides is 1. The molecular formula is C13H21N3O2. The van der Waals surface area contributed by atoms with Gasteiger partial charge in [0.25, 0.3) is 0 Å². The number of aromatic nitrogens is 2. The lowest BCUT2D eigenvalue weighted by atomic mass is 10.2. The smallest absolute Gasteiger partial charge is 0.249 e. The van der Waals surface area contributed by atoms with E-state index in [1.165, 1.54) is 0 Å². The SMILES string of the molecule is CC(C)Cn1cncc1CNC(=O)C1CCCO1. The van der Waals surface area contributed by atoms with Gasteiger partial charge in [0.1, 0.15) is 6.10 Å². The van der Waals surface area contributed by atoms with Crippen LogP contribution in [0.3, 0.4) is 0 Å². The Morgan fingerprint density at radius 1 is 1.67 bits per heavy atom. The van der Waals surface area contributed by atoms with E-state index in [4.69, 9.17) is 4.74 Å². The van der Waals surface area contributed by atoms with E-state index in [1.54, 1.807) is 6.20 Å². The number of hydrogen-bond acceptors (Lipinski definition) is 3. The molecule has 1 aromatic rings. The summed E-state index contributed by atoms with van der Waals surface area (Å²) in [5.74, 6) is 0.552. The summed E-state index contributed by atoms with van der Waals surface area (Å²) in [5, 5.41) is 2.92. The van der Waals surface area contributed by atoms with Gasteiger partial charge in [0.15, 0.2) is 0 Å². The zero-order chi connectivity index (χ0) is 13.0. The van der Waals surface area contributed by atoms with E-state index in [0.717, 1.165) is 25.1 Å². The Morgan fingerprint density at radius 2 is 2.50 bits per heavy atom. The van der Waals surface area contributed by atoms with Crippen molar-refractivity contribution in [2.75, 3.05) is 6.61 Å². The number of carbonyl (C=O) groups excluding carboxylic acids is 1. The van der Waals surface area contributed by atoms with Gasteiger partial charge in [0, 0.05) is 19.3 Å². The van der Waals surface area contributed by atoms with Gasteiger partial charge >= 0.3 is 0 Å². The number of ether oxygens (including phenoxy) is 1. The summed E-state index contributed by atoms with van der Waals surface area (Å²) in [6.07, 6.45) is 5.16.